The Kier molecular flexibility index (Phi) is 7.61. The van der Waals surface area contributed by atoms with Crippen LogP contribution >= 0.6 is 0 Å². The molecule has 28 heavy (non-hydrogen) atoms. The fourth-order valence-electron chi connectivity index (χ4n) is 3.24. The second-order valence-electron chi connectivity index (χ2n) is 7.01. The summed E-state index contributed by atoms with van der Waals surface area (Å²) in [5.41, 5.74) is 4.23. The fourth-order valence-corrected chi connectivity index (χ4v) is 3.24. The second-order valence-corrected chi connectivity index (χ2v) is 7.01. The van der Waals surface area contributed by atoms with Gasteiger partial charge in [0.15, 0.2) is 0 Å². The van der Waals surface area contributed by atoms with Crippen molar-refractivity contribution in [1.82, 2.24) is 10.2 Å². The summed E-state index contributed by atoms with van der Waals surface area (Å²) in [6.07, 6.45) is 0.806. The first-order valence-corrected chi connectivity index (χ1v) is 9.59. The van der Waals surface area contributed by atoms with Gasteiger partial charge in [0.1, 0.15) is 11.8 Å². The summed E-state index contributed by atoms with van der Waals surface area (Å²) in [5, 5.41) is 2.68. The first-order chi connectivity index (χ1) is 13.4. The third kappa shape index (κ3) is 5.35. The SMILES string of the molecule is CCC(C(=O)NC)N(Cc1cccc(OC)c1)C(=O)Cc1ccc(C)c(C)c1. The maximum Gasteiger partial charge on any atom is 0.242 e. The Bertz CT molecular complexity index is 832. The number of amides is 2. The lowest BCUT2D eigenvalue weighted by Crippen LogP contribution is -2.48. The number of carbonyl (C=O) groups excluding carboxylic acids is 2. The lowest BCUT2D eigenvalue weighted by Gasteiger charge is -2.30. The lowest BCUT2D eigenvalue weighted by atomic mass is 10.0. The number of nitrogens with zero attached hydrogens (tertiary/aromatic N) is 1. The van der Waals surface area contributed by atoms with E-state index in [9.17, 15) is 9.59 Å². The molecule has 5 heteroatoms. The van der Waals surface area contributed by atoms with Crippen molar-refractivity contribution in [2.24, 2.45) is 0 Å². The third-order valence-corrected chi connectivity index (χ3v) is 5.05. The van der Waals surface area contributed by atoms with Crippen molar-refractivity contribution in [3.63, 3.8) is 0 Å². The van der Waals surface area contributed by atoms with Crippen LogP contribution in [0.1, 0.15) is 35.6 Å². The van der Waals surface area contributed by atoms with Gasteiger partial charge in [0, 0.05) is 13.6 Å². The monoisotopic (exact) mass is 382 g/mol. The van der Waals surface area contributed by atoms with Gasteiger partial charge in [-0.3, -0.25) is 9.59 Å². The molecule has 0 aliphatic rings. The van der Waals surface area contributed by atoms with Crippen LogP contribution in [0.2, 0.25) is 0 Å². The van der Waals surface area contributed by atoms with Gasteiger partial charge in [-0.25, -0.2) is 0 Å². The first kappa shape index (κ1) is 21.5. The number of likely N-dealkylation sites (N-methyl/N-ethyl adjacent to an activating group) is 1. The van der Waals surface area contributed by atoms with Gasteiger partial charge in [0.25, 0.3) is 0 Å². The molecule has 2 aromatic rings. The summed E-state index contributed by atoms with van der Waals surface area (Å²) >= 11 is 0. The molecular weight excluding hydrogens is 352 g/mol. The topological polar surface area (TPSA) is 58.6 Å². The van der Waals surface area contributed by atoms with E-state index >= 15 is 0 Å². The quantitative estimate of drug-likeness (QED) is 0.761. The highest BCUT2D eigenvalue weighted by atomic mass is 16.5. The molecule has 0 fully saturated rings. The van der Waals surface area contributed by atoms with Gasteiger partial charge in [-0.15, -0.1) is 0 Å². The van der Waals surface area contributed by atoms with Crippen molar-refractivity contribution in [3.05, 3.63) is 64.7 Å². The van der Waals surface area contributed by atoms with Crippen LogP contribution in [0.25, 0.3) is 0 Å². The van der Waals surface area contributed by atoms with Gasteiger partial charge < -0.3 is 15.0 Å². The lowest BCUT2D eigenvalue weighted by molar-refractivity contribution is -0.140. The van der Waals surface area contributed by atoms with Gasteiger partial charge in [-0.2, -0.15) is 0 Å². The van der Waals surface area contributed by atoms with E-state index < -0.39 is 6.04 Å². The zero-order valence-corrected chi connectivity index (χ0v) is 17.4. The van der Waals surface area contributed by atoms with E-state index in [-0.39, 0.29) is 18.2 Å². The summed E-state index contributed by atoms with van der Waals surface area (Å²) < 4.78 is 5.29. The molecule has 0 aliphatic carbocycles. The Balaban J connectivity index is 2.31. The van der Waals surface area contributed by atoms with Gasteiger partial charge in [-0.1, -0.05) is 37.3 Å². The average Bonchev–Trinajstić information content (AvgIpc) is 2.70. The molecule has 5 nitrogen and oxygen atoms in total. The van der Waals surface area contributed by atoms with Crippen molar-refractivity contribution in [1.29, 1.82) is 0 Å². The van der Waals surface area contributed by atoms with Gasteiger partial charge >= 0.3 is 0 Å². The Labute approximate surface area is 167 Å². The number of rotatable bonds is 8. The minimum absolute atomic E-state index is 0.0680. The molecule has 2 rings (SSSR count). The van der Waals surface area contributed by atoms with Crippen LogP contribution in [0.15, 0.2) is 42.5 Å². The Morgan fingerprint density at radius 1 is 1.07 bits per heavy atom. The highest BCUT2D eigenvalue weighted by molar-refractivity contribution is 5.88. The van der Waals surface area contributed by atoms with Gasteiger partial charge in [-0.05, 0) is 54.7 Å². The van der Waals surface area contributed by atoms with Crippen LogP contribution in [0.4, 0.5) is 0 Å². The number of ether oxygens (including phenoxy) is 1. The summed E-state index contributed by atoms with van der Waals surface area (Å²) in [5.74, 6) is 0.507. The zero-order valence-electron chi connectivity index (χ0n) is 17.4. The number of nitrogens with one attached hydrogen (secondary N) is 1. The van der Waals surface area contributed by atoms with E-state index in [1.165, 1.54) is 5.56 Å². The molecule has 0 radical (unpaired) electrons. The molecule has 0 aromatic heterocycles. The van der Waals surface area contributed by atoms with Crippen molar-refractivity contribution in [2.45, 2.75) is 46.2 Å². The third-order valence-electron chi connectivity index (χ3n) is 5.05. The number of hydrogen-bond donors (Lipinski definition) is 1. The van der Waals surface area contributed by atoms with Crippen LogP contribution in [-0.2, 0) is 22.6 Å². The molecule has 1 unspecified atom stereocenters. The molecule has 0 bridgehead atoms. The molecule has 0 saturated carbocycles. The molecule has 2 amide bonds. The summed E-state index contributed by atoms with van der Waals surface area (Å²) in [6, 6.07) is 13.1. The van der Waals surface area contributed by atoms with E-state index in [1.54, 1.807) is 19.1 Å². The molecule has 0 saturated heterocycles. The fraction of sp³-hybridized carbons (Fsp3) is 0.391. The van der Waals surface area contributed by atoms with Crippen LogP contribution in [0, 0.1) is 13.8 Å². The molecule has 150 valence electrons. The first-order valence-electron chi connectivity index (χ1n) is 9.59. The zero-order chi connectivity index (χ0) is 20.7. The van der Waals surface area contributed by atoms with E-state index in [1.807, 2.05) is 56.3 Å². The van der Waals surface area contributed by atoms with Crippen LogP contribution in [0.3, 0.4) is 0 Å². The summed E-state index contributed by atoms with van der Waals surface area (Å²) in [6.45, 7) is 6.36. The number of carbonyl (C=O) groups is 2. The van der Waals surface area contributed by atoms with Crippen molar-refractivity contribution < 1.29 is 14.3 Å². The van der Waals surface area contributed by atoms with Gasteiger partial charge in [0.2, 0.25) is 11.8 Å². The number of aryl methyl sites for hydroxylation is 2. The van der Waals surface area contributed by atoms with Crippen LogP contribution < -0.4 is 10.1 Å². The standard InChI is InChI=1S/C23H30N2O3/c1-6-21(23(27)24-4)25(15-19-8-7-9-20(13-19)28-5)22(26)14-18-11-10-16(2)17(3)12-18/h7-13,21H,6,14-15H2,1-5H3,(H,24,27). The molecule has 0 heterocycles. The maximum atomic E-state index is 13.2. The van der Waals surface area contributed by atoms with Crippen molar-refractivity contribution >= 4 is 11.8 Å². The van der Waals surface area contributed by atoms with Crippen molar-refractivity contribution in [2.75, 3.05) is 14.2 Å². The molecule has 1 atom stereocenters. The molecule has 0 spiro atoms. The molecule has 0 aliphatic heterocycles. The molecule has 2 aromatic carbocycles. The van der Waals surface area contributed by atoms with E-state index in [2.05, 4.69) is 12.2 Å². The van der Waals surface area contributed by atoms with Crippen molar-refractivity contribution in [3.8, 4) is 5.75 Å². The highest BCUT2D eigenvalue weighted by Gasteiger charge is 2.28. The highest BCUT2D eigenvalue weighted by Crippen LogP contribution is 2.19. The Hall–Kier alpha value is -2.82. The smallest absolute Gasteiger partial charge is 0.242 e. The summed E-state index contributed by atoms with van der Waals surface area (Å²) in [7, 11) is 3.21. The Morgan fingerprint density at radius 3 is 2.43 bits per heavy atom. The average molecular weight is 383 g/mol. The summed E-state index contributed by atoms with van der Waals surface area (Å²) in [4.78, 5) is 27.3. The largest absolute Gasteiger partial charge is 0.497 e. The number of methoxy groups -OCH3 is 1. The number of benzene rings is 2. The number of hydrogen-bond acceptors (Lipinski definition) is 3. The minimum atomic E-state index is -0.518. The molecule has 1 N–H and O–H groups in total. The van der Waals surface area contributed by atoms with Crippen LogP contribution in [0.5, 0.6) is 5.75 Å². The van der Waals surface area contributed by atoms with Crippen LogP contribution in [-0.4, -0.2) is 36.9 Å². The predicted octanol–water partition coefficient (Wildman–Crippen LogP) is 3.41. The van der Waals surface area contributed by atoms with E-state index in [4.69, 9.17) is 4.74 Å². The minimum Gasteiger partial charge on any atom is -0.497 e. The molecular formula is C23H30N2O3. The van der Waals surface area contributed by atoms with Gasteiger partial charge in [0.05, 0.1) is 13.5 Å². The second kappa shape index (κ2) is 9.93. The normalized spacial score (nSPS) is 11.6. The van der Waals surface area contributed by atoms with E-state index in [0.717, 1.165) is 22.4 Å². The Morgan fingerprint density at radius 2 is 1.82 bits per heavy atom. The maximum absolute atomic E-state index is 13.2. The van der Waals surface area contributed by atoms with E-state index in [0.29, 0.717) is 13.0 Å². The predicted molar refractivity (Wildman–Crippen MR) is 111 cm³/mol.